The maximum atomic E-state index is 13.0. The van der Waals surface area contributed by atoms with Crippen molar-refractivity contribution in [2.24, 2.45) is 5.10 Å². The molecule has 1 aromatic heterocycles. The number of hydrogen-bond donors (Lipinski definition) is 1. The van der Waals surface area contributed by atoms with Crippen LogP contribution in [0.4, 0.5) is 10.1 Å². The van der Waals surface area contributed by atoms with Crippen LogP contribution in [0.1, 0.15) is 11.4 Å². The Balaban J connectivity index is 1.46. The summed E-state index contributed by atoms with van der Waals surface area (Å²) in [6, 6.07) is 17.7. The molecule has 0 saturated carbocycles. The molecule has 0 saturated heterocycles. The molecule has 0 aliphatic carbocycles. The number of hydrogen-bond acceptors (Lipinski definition) is 5. The summed E-state index contributed by atoms with van der Waals surface area (Å²) in [5.41, 5.74) is 1.47. The van der Waals surface area contributed by atoms with Crippen molar-refractivity contribution in [3.63, 3.8) is 0 Å². The van der Waals surface area contributed by atoms with Gasteiger partial charge < -0.3 is 10.1 Å². The third-order valence-corrected chi connectivity index (χ3v) is 5.14. The van der Waals surface area contributed by atoms with Crippen LogP contribution in [0.2, 0.25) is 0 Å². The Morgan fingerprint density at radius 3 is 2.76 bits per heavy atom. The summed E-state index contributed by atoms with van der Waals surface area (Å²) in [7, 11) is 0. The molecular weight excluding hydrogens is 491 g/mol. The number of benzene rings is 3. The third kappa shape index (κ3) is 5.50. The molecule has 0 bridgehead atoms. The molecule has 0 atom stereocenters. The number of aromatic nitrogens is 2. The van der Waals surface area contributed by atoms with Gasteiger partial charge >= 0.3 is 0 Å². The van der Waals surface area contributed by atoms with Gasteiger partial charge in [0.15, 0.2) is 6.61 Å². The quantitative estimate of drug-likeness (QED) is 0.388. The van der Waals surface area contributed by atoms with E-state index in [0.29, 0.717) is 33.7 Å². The number of anilines is 1. The number of carbonyl (C=O) groups is 1. The SMILES string of the molecule is Cc1nc2ccc(Br)cc2c(=O)n1N=Cc1cccc(OCC(=O)Nc2ccc(F)cc2)c1. The molecule has 0 spiro atoms. The average Bonchev–Trinajstić information content (AvgIpc) is 2.80. The lowest BCUT2D eigenvalue weighted by molar-refractivity contribution is -0.118. The van der Waals surface area contributed by atoms with Gasteiger partial charge in [-0.1, -0.05) is 28.1 Å². The zero-order chi connectivity index (χ0) is 23.4. The van der Waals surface area contributed by atoms with E-state index >= 15 is 0 Å². The summed E-state index contributed by atoms with van der Waals surface area (Å²) in [5.74, 6) is 0.151. The highest BCUT2D eigenvalue weighted by atomic mass is 79.9. The molecule has 0 fully saturated rings. The number of carbonyl (C=O) groups excluding carboxylic acids is 1. The first kappa shape index (κ1) is 22.3. The second kappa shape index (κ2) is 9.74. The number of fused-ring (bicyclic) bond motifs is 1. The van der Waals surface area contributed by atoms with Crippen LogP contribution in [-0.4, -0.2) is 28.4 Å². The first-order valence-electron chi connectivity index (χ1n) is 9.90. The Morgan fingerprint density at radius 1 is 1.18 bits per heavy atom. The Labute approximate surface area is 196 Å². The summed E-state index contributed by atoms with van der Waals surface area (Å²) in [6.45, 7) is 1.49. The summed E-state index contributed by atoms with van der Waals surface area (Å²) in [5, 5.41) is 7.37. The Hall–Kier alpha value is -3.85. The van der Waals surface area contributed by atoms with Crippen molar-refractivity contribution in [3.05, 3.63) is 98.8 Å². The fraction of sp³-hybridized carbons (Fsp3) is 0.0833. The molecule has 4 rings (SSSR count). The van der Waals surface area contributed by atoms with Gasteiger partial charge in [0.1, 0.15) is 17.4 Å². The fourth-order valence-electron chi connectivity index (χ4n) is 3.08. The number of amides is 1. The highest BCUT2D eigenvalue weighted by Crippen LogP contribution is 2.16. The second-order valence-electron chi connectivity index (χ2n) is 7.10. The molecule has 166 valence electrons. The van der Waals surface area contributed by atoms with Crippen LogP contribution < -0.4 is 15.6 Å². The maximum absolute atomic E-state index is 13.0. The van der Waals surface area contributed by atoms with Gasteiger partial charge in [-0.15, -0.1) is 0 Å². The predicted molar refractivity (Wildman–Crippen MR) is 128 cm³/mol. The van der Waals surface area contributed by atoms with Crippen LogP contribution in [0.15, 0.2) is 81.1 Å². The topological polar surface area (TPSA) is 85.6 Å². The zero-order valence-electron chi connectivity index (χ0n) is 17.5. The van der Waals surface area contributed by atoms with Gasteiger partial charge in [0.2, 0.25) is 0 Å². The fourth-order valence-corrected chi connectivity index (χ4v) is 3.45. The first-order valence-corrected chi connectivity index (χ1v) is 10.7. The molecule has 1 heterocycles. The molecule has 7 nitrogen and oxygen atoms in total. The van der Waals surface area contributed by atoms with Gasteiger partial charge in [-0.3, -0.25) is 9.59 Å². The summed E-state index contributed by atoms with van der Waals surface area (Å²) < 4.78 is 20.5. The van der Waals surface area contributed by atoms with Gasteiger partial charge in [0, 0.05) is 10.2 Å². The van der Waals surface area contributed by atoms with Crippen LogP contribution in [0.3, 0.4) is 0 Å². The van der Waals surface area contributed by atoms with Crippen molar-refractivity contribution >= 4 is 44.6 Å². The van der Waals surface area contributed by atoms with E-state index in [1.807, 2.05) is 6.07 Å². The number of rotatable bonds is 6. The smallest absolute Gasteiger partial charge is 0.282 e. The van der Waals surface area contributed by atoms with Gasteiger partial charge in [-0.25, -0.2) is 9.37 Å². The van der Waals surface area contributed by atoms with Crippen LogP contribution in [-0.2, 0) is 4.79 Å². The molecular formula is C24H18BrFN4O3. The van der Waals surface area contributed by atoms with E-state index in [2.05, 4.69) is 31.3 Å². The van der Waals surface area contributed by atoms with E-state index in [0.717, 1.165) is 4.47 Å². The Morgan fingerprint density at radius 2 is 1.97 bits per heavy atom. The summed E-state index contributed by atoms with van der Waals surface area (Å²) in [4.78, 5) is 29.3. The minimum Gasteiger partial charge on any atom is -0.484 e. The van der Waals surface area contributed by atoms with E-state index in [4.69, 9.17) is 4.74 Å². The number of aryl methyl sites for hydroxylation is 1. The van der Waals surface area contributed by atoms with Crippen molar-refractivity contribution in [3.8, 4) is 5.75 Å². The van der Waals surface area contributed by atoms with Crippen LogP contribution in [0.25, 0.3) is 10.9 Å². The van der Waals surface area contributed by atoms with Gasteiger partial charge in [-0.2, -0.15) is 9.78 Å². The molecule has 0 radical (unpaired) electrons. The van der Waals surface area contributed by atoms with Crippen molar-refractivity contribution in [2.75, 3.05) is 11.9 Å². The molecule has 4 aromatic rings. The van der Waals surface area contributed by atoms with Crippen LogP contribution >= 0.6 is 15.9 Å². The number of nitrogens with zero attached hydrogens (tertiary/aromatic N) is 3. The van der Waals surface area contributed by atoms with Crippen molar-refractivity contribution < 1.29 is 13.9 Å². The van der Waals surface area contributed by atoms with Crippen LogP contribution in [0.5, 0.6) is 5.75 Å². The summed E-state index contributed by atoms with van der Waals surface area (Å²) in [6.07, 6.45) is 1.52. The van der Waals surface area contributed by atoms with Gasteiger partial charge in [-0.05, 0) is 67.1 Å². The minimum atomic E-state index is -0.382. The minimum absolute atomic E-state index is 0.222. The van der Waals surface area contributed by atoms with E-state index in [-0.39, 0.29) is 23.9 Å². The number of nitrogens with one attached hydrogen (secondary N) is 1. The zero-order valence-corrected chi connectivity index (χ0v) is 19.0. The molecule has 9 heteroatoms. The van der Waals surface area contributed by atoms with E-state index in [1.165, 1.54) is 35.2 Å². The predicted octanol–water partition coefficient (Wildman–Crippen LogP) is 4.51. The normalized spacial score (nSPS) is 11.1. The average molecular weight is 509 g/mol. The molecule has 1 amide bonds. The van der Waals surface area contributed by atoms with E-state index < -0.39 is 0 Å². The monoisotopic (exact) mass is 508 g/mol. The van der Waals surface area contributed by atoms with E-state index in [9.17, 15) is 14.0 Å². The highest BCUT2D eigenvalue weighted by Gasteiger charge is 2.08. The third-order valence-electron chi connectivity index (χ3n) is 4.65. The number of halogens is 2. The lowest BCUT2D eigenvalue weighted by Gasteiger charge is -2.08. The molecule has 0 aliphatic rings. The van der Waals surface area contributed by atoms with Gasteiger partial charge in [0.05, 0.1) is 17.1 Å². The van der Waals surface area contributed by atoms with Gasteiger partial charge in [0.25, 0.3) is 11.5 Å². The molecule has 1 N–H and O–H groups in total. The highest BCUT2D eigenvalue weighted by molar-refractivity contribution is 9.10. The van der Waals surface area contributed by atoms with E-state index in [1.54, 1.807) is 43.3 Å². The molecule has 0 unspecified atom stereocenters. The Kier molecular flexibility index (Phi) is 6.60. The lowest BCUT2D eigenvalue weighted by atomic mass is 10.2. The van der Waals surface area contributed by atoms with Crippen molar-refractivity contribution in [2.45, 2.75) is 6.92 Å². The largest absolute Gasteiger partial charge is 0.484 e. The van der Waals surface area contributed by atoms with Crippen molar-refractivity contribution in [1.82, 2.24) is 9.66 Å². The standard InChI is InChI=1S/C24H18BrFN4O3/c1-15-28-22-10-5-17(25)12-21(22)24(32)30(15)27-13-16-3-2-4-20(11-16)33-14-23(31)29-19-8-6-18(26)7-9-19/h2-13H,14H2,1H3,(H,29,31). The first-order chi connectivity index (χ1) is 15.9. The molecule has 0 aliphatic heterocycles. The number of ether oxygens (including phenoxy) is 1. The maximum Gasteiger partial charge on any atom is 0.282 e. The molecule has 33 heavy (non-hydrogen) atoms. The van der Waals surface area contributed by atoms with Crippen molar-refractivity contribution in [1.29, 1.82) is 0 Å². The Bertz CT molecular complexity index is 1420. The lowest BCUT2D eigenvalue weighted by Crippen LogP contribution is -2.20. The van der Waals surface area contributed by atoms with Crippen LogP contribution in [0, 0.1) is 12.7 Å². The summed E-state index contributed by atoms with van der Waals surface area (Å²) >= 11 is 3.37. The second-order valence-corrected chi connectivity index (χ2v) is 8.01. The molecule has 3 aromatic carbocycles.